The van der Waals surface area contributed by atoms with Crippen LogP contribution in [0, 0.1) is 11.7 Å². The maximum absolute atomic E-state index is 13.1. The molecule has 0 saturated carbocycles. The van der Waals surface area contributed by atoms with Gasteiger partial charge in [-0.3, -0.25) is 4.79 Å². The zero-order chi connectivity index (χ0) is 18.4. The van der Waals surface area contributed by atoms with E-state index in [9.17, 15) is 9.18 Å². The van der Waals surface area contributed by atoms with Crippen molar-refractivity contribution in [3.63, 3.8) is 0 Å². The van der Waals surface area contributed by atoms with Crippen molar-refractivity contribution < 1.29 is 13.9 Å². The predicted molar refractivity (Wildman–Crippen MR) is 96.8 cm³/mol. The van der Waals surface area contributed by atoms with E-state index in [-0.39, 0.29) is 29.7 Å². The number of halogens is 1. The molecule has 0 aliphatic rings. The molecule has 3 atom stereocenters. The Bertz CT molecular complexity index is 684. The lowest BCUT2D eigenvalue weighted by atomic mass is 9.96. The topological polar surface area (TPSA) is 64.3 Å². The second-order valence-electron chi connectivity index (χ2n) is 6.31. The van der Waals surface area contributed by atoms with Crippen LogP contribution in [0.25, 0.3) is 0 Å². The van der Waals surface area contributed by atoms with Crippen LogP contribution in [0.15, 0.2) is 48.5 Å². The normalized spacial score (nSPS) is 14.4. The van der Waals surface area contributed by atoms with Crippen molar-refractivity contribution >= 4 is 5.91 Å². The molecule has 4 nitrogen and oxygen atoms in total. The van der Waals surface area contributed by atoms with Crippen molar-refractivity contribution in [2.75, 3.05) is 7.11 Å². The van der Waals surface area contributed by atoms with Crippen molar-refractivity contribution in [3.05, 3.63) is 65.5 Å². The quantitative estimate of drug-likeness (QED) is 0.810. The molecule has 1 amide bonds. The summed E-state index contributed by atoms with van der Waals surface area (Å²) in [5.41, 5.74) is 7.73. The zero-order valence-electron chi connectivity index (χ0n) is 14.8. The third kappa shape index (κ3) is 5.29. The fourth-order valence-corrected chi connectivity index (χ4v) is 2.49. The Balaban J connectivity index is 2.23. The molecule has 134 valence electrons. The molecule has 0 aliphatic carbocycles. The highest BCUT2D eigenvalue weighted by atomic mass is 19.1. The molecule has 0 fully saturated rings. The predicted octanol–water partition coefficient (Wildman–Crippen LogP) is 3.22. The smallest absolute Gasteiger partial charge is 0.224 e. The molecule has 5 heteroatoms. The molecule has 2 aromatic rings. The molecule has 3 N–H and O–H groups in total. The number of amides is 1. The number of carbonyl (C=O) groups is 1. The number of nitrogens with two attached hydrogens (primary N) is 1. The highest BCUT2D eigenvalue weighted by Gasteiger charge is 2.22. The van der Waals surface area contributed by atoms with E-state index in [1.54, 1.807) is 19.2 Å². The average Bonchev–Trinajstić information content (AvgIpc) is 2.62. The van der Waals surface area contributed by atoms with Gasteiger partial charge in [-0.2, -0.15) is 0 Å². The first-order valence-corrected chi connectivity index (χ1v) is 8.35. The van der Waals surface area contributed by atoms with Gasteiger partial charge in [-0.25, -0.2) is 4.39 Å². The lowest BCUT2D eigenvalue weighted by molar-refractivity contribution is -0.125. The Labute approximate surface area is 148 Å². The first-order chi connectivity index (χ1) is 11.9. The summed E-state index contributed by atoms with van der Waals surface area (Å²) in [6.45, 7) is 3.62. The van der Waals surface area contributed by atoms with Crippen LogP contribution in [-0.2, 0) is 11.2 Å². The minimum absolute atomic E-state index is 0.0991. The van der Waals surface area contributed by atoms with E-state index in [1.807, 2.05) is 38.1 Å². The number of benzene rings is 2. The number of ether oxygens (including phenoxy) is 1. The standard InChI is InChI=1S/C20H25FN2O2/c1-13(14(2)22)20(24)23-19(12-15-4-8-17(21)9-5-15)16-6-10-18(25-3)11-7-16/h4-11,13-14,19H,12,22H2,1-3H3,(H,23,24). The average molecular weight is 344 g/mol. The highest BCUT2D eigenvalue weighted by Crippen LogP contribution is 2.22. The van der Waals surface area contributed by atoms with Gasteiger partial charge in [0.25, 0.3) is 0 Å². The van der Waals surface area contributed by atoms with Gasteiger partial charge in [0, 0.05) is 12.0 Å². The number of methoxy groups -OCH3 is 1. The number of hydrogen-bond donors (Lipinski definition) is 2. The first kappa shape index (κ1) is 18.9. The number of hydrogen-bond acceptors (Lipinski definition) is 3. The fourth-order valence-electron chi connectivity index (χ4n) is 2.49. The zero-order valence-corrected chi connectivity index (χ0v) is 14.8. The molecule has 0 bridgehead atoms. The van der Waals surface area contributed by atoms with Crippen LogP contribution in [0.1, 0.15) is 31.0 Å². The van der Waals surface area contributed by atoms with Crippen molar-refractivity contribution in [3.8, 4) is 5.75 Å². The van der Waals surface area contributed by atoms with Gasteiger partial charge in [-0.05, 0) is 48.7 Å². The van der Waals surface area contributed by atoms with Gasteiger partial charge in [0.1, 0.15) is 11.6 Å². The van der Waals surface area contributed by atoms with Gasteiger partial charge < -0.3 is 15.8 Å². The lowest BCUT2D eigenvalue weighted by Gasteiger charge is -2.23. The summed E-state index contributed by atoms with van der Waals surface area (Å²) in [7, 11) is 1.61. The third-order valence-electron chi connectivity index (χ3n) is 4.39. The largest absolute Gasteiger partial charge is 0.497 e. The summed E-state index contributed by atoms with van der Waals surface area (Å²) in [5, 5.41) is 3.06. The van der Waals surface area contributed by atoms with E-state index in [0.717, 1.165) is 16.9 Å². The van der Waals surface area contributed by atoms with Crippen LogP contribution >= 0.6 is 0 Å². The van der Waals surface area contributed by atoms with Crippen LogP contribution in [0.4, 0.5) is 4.39 Å². The van der Waals surface area contributed by atoms with Gasteiger partial charge in [0.05, 0.1) is 13.2 Å². The maximum atomic E-state index is 13.1. The third-order valence-corrected chi connectivity index (χ3v) is 4.39. The van der Waals surface area contributed by atoms with Crippen molar-refractivity contribution in [1.29, 1.82) is 0 Å². The molecule has 0 saturated heterocycles. The van der Waals surface area contributed by atoms with E-state index in [0.29, 0.717) is 6.42 Å². The maximum Gasteiger partial charge on any atom is 0.224 e. The van der Waals surface area contributed by atoms with Crippen molar-refractivity contribution in [2.24, 2.45) is 11.7 Å². The minimum Gasteiger partial charge on any atom is -0.497 e. The molecule has 0 radical (unpaired) electrons. The van der Waals surface area contributed by atoms with E-state index >= 15 is 0 Å². The molecule has 0 aromatic heterocycles. The second-order valence-corrected chi connectivity index (χ2v) is 6.31. The summed E-state index contributed by atoms with van der Waals surface area (Å²) in [6, 6.07) is 13.4. The molecule has 0 aliphatic heterocycles. The van der Waals surface area contributed by atoms with Crippen LogP contribution in [0.2, 0.25) is 0 Å². The SMILES string of the molecule is COc1ccc(C(Cc2ccc(F)cc2)NC(=O)C(C)C(C)N)cc1. The Hall–Kier alpha value is -2.40. The monoisotopic (exact) mass is 344 g/mol. The molecule has 2 rings (SSSR count). The summed E-state index contributed by atoms with van der Waals surface area (Å²) in [5.74, 6) is 0.0748. The Morgan fingerprint density at radius 2 is 1.72 bits per heavy atom. The van der Waals surface area contributed by atoms with Crippen LogP contribution in [0.5, 0.6) is 5.75 Å². The summed E-state index contributed by atoms with van der Waals surface area (Å²) in [4.78, 5) is 12.5. The number of nitrogens with one attached hydrogen (secondary N) is 1. The Morgan fingerprint density at radius 1 is 1.12 bits per heavy atom. The van der Waals surface area contributed by atoms with E-state index in [4.69, 9.17) is 10.5 Å². The van der Waals surface area contributed by atoms with Crippen molar-refractivity contribution in [1.82, 2.24) is 5.32 Å². The molecular formula is C20H25FN2O2. The lowest BCUT2D eigenvalue weighted by Crippen LogP contribution is -2.40. The van der Waals surface area contributed by atoms with Gasteiger partial charge in [-0.15, -0.1) is 0 Å². The summed E-state index contributed by atoms with van der Waals surface area (Å²) in [6.07, 6.45) is 0.560. The molecule has 3 unspecified atom stereocenters. The Morgan fingerprint density at radius 3 is 2.24 bits per heavy atom. The summed E-state index contributed by atoms with van der Waals surface area (Å²) < 4.78 is 18.3. The van der Waals surface area contributed by atoms with Crippen LogP contribution in [0.3, 0.4) is 0 Å². The first-order valence-electron chi connectivity index (χ1n) is 8.35. The van der Waals surface area contributed by atoms with E-state index in [1.165, 1.54) is 12.1 Å². The molecular weight excluding hydrogens is 319 g/mol. The molecule has 2 aromatic carbocycles. The van der Waals surface area contributed by atoms with E-state index < -0.39 is 0 Å². The summed E-state index contributed by atoms with van der Waals surface area (Å²) >= 11 is 0. The number of carbonyl (C=O) groups excluding carboxylic acids is 1. The van der Waals surface area contributed by atoms with Gasteiger partial charge in [0.15, 0.2) is 0 Å². The molecule has 25 heavy (non-hydrogen) atoms. The van der Waals surface area contributed by atoms with Gasteiger partial charge >= 0.3 is 0 Å². The number of rotatable bonds is 7. The second kappa shape index (κ2) is 8.62. The van der Waals surface area contributed by atoms with Crippen LogP contribution < -0.4 is 15.8 Å². The van der Waals surface area contributed by atoms with Crippen molar-refractivity contribution in [2.45, 2.75) is 32.4 Å². The van der Waals surface area contributed by atoms with Gasteiger partial charge in [-0.1, -0.05) is 31.2 Å². The molecule has 0 spiro atoms. The van der Waals surface area contributed by atoms with Crippen LogP contribution in [-0.4, -0.2) is 19.1 Å². The fraction of sp³-hybridized carbons (Fsp3) is 0.350. The highest BCUT2D eigenvalue weighted by molar-refractivity contribution is 5.79. The minimum atomic E-state index is -0.297. The Kier molecular flexibility index (Phi) is 6.53. The van der Waals surface area contributed by atoms with E-state index in [2.05, 4.69) is 5.32 Å². The van der Waals surface area contributed by atoms with Gasteiger partial charge in [0.2, 0.25) is 5.91 Å². The molecule has 0 heterocycles.